The highest BCUT2D eigenvalue weighted by atomic mass is 19.1. The Morgan fingerprint density at radius 1 is 1.33 bits per heavy atom. The van der Waals surface area contributed by atoms with Crippen molar-refractivity contribution >= 4 is 11.5 Å². The number of anilines is 1. The van der Waals surface area contributed by atoms with Crippen molar-refractivity contribution in [2.24, 2.45) is 11.8 Å². The highest BCUT2D eigenvalue weighted by molar-refractivity contribution is 6.10. The Balaban J connectivity index is 1.87. The zero-order valence-corrected chi connectivity index (χ0v) is 16.1. The highest BCUT2D eigenvalue weighted by Crippen LogP contribution is 2.27. The van der Waals surface area contributed by atoms with Gasteiger partial charge in [-0.15, -0.1) is 0 Å². The fourth-order valence-electron chi connectivity index (χ4n) is 3.70. The van der Waals surface area contributed by atoms with E-state index in [1.165, 1.54) is 6.07 Å². The van der Waals surface area contributed by atoms with Crippen LogP contribution in [-0.4, -0.2) is 40.0 Å². The van der Waals surface area contributed by atoms with E-state index in [1.807, 2.05) is 13.8 Å². The molecule has 1 aliphatic heterocycles. The molecule has 1 unspecified atom stereocenters. The van der Waals surface area contributed by atoms with E-state index in [4.69, 9.17) is 5.41 Å². The number of hydrogen-bond donors (Lipinski definition) is 2. The molecule has 2 N–H and O–H groups in total. The number of halogens is 1. The van der Waals surface area contributed by atoms with Gasteiger partial charge in [-0.2, -0.15) is 0 Å². The predicted molar refractivity (Wildman–Crippen MR) is 105 cm³/mol. The molecule has 0 saturated carbocycles. The van der Waals surface area contributed by atoms with Crippen LogP contribution in [0.25, 0.3) is 0 Å². The van der Waals surface area contributed by atoms with E-state index in [2.05, 4.69) is 14.9 Å². The Bertz CT molecular complexity index is 824. The fraction of sp³-hybridized carbons (Fsp3) is 0.476. The second kappa shape index (κ2) is 8.13. The first-order valence-electron chi connectivity index (χ1n) is 9.49. The maximum atomic E-state index is 14.4. The third-order valence-electron chi connectivity index (χ3n) is 5.29. The van der Waals surface area contributed by atoms with Crippen LogP contribution in [0.15, 0.2) is 30.5 Å². The van der Waals surface area contributed by atoms with Crippen molar-refractivity contribution in [1.82, 2.24) is 9.97 Å². The number of aliphatic hydroxyl groups is 1. The molecule has 0 amide bonds. The normalized spacial score (nSPS) is 18.6. The molecule has 1 saturated heterocycles. The van der Waals surface area contributed by atoms with Crippen molar-refractivity contribution in [3.8, 4) is 0 Å². The van der Waals surface area contributed by atoms with Gasteiger partial charge in [0.15, 0.2) is 5.82 Å². The first kappa shape index (κ1) is 19.4. The summed E-state index contributed by atoms with van der Waals surface area (Å²) in [6, 6.07) is 6.53. The first-order valence-corrected chi connectivity index (χ1v) is 9.49. The topological polar surface area (TPSA) is 73.1 Å². The van der Waals surface area contributed by atoms with Crippen LogP contribution < -0.4 is 4.90 Å². The largest absolute Gasteiger partial charge is 0.393 e. The minimum Gasteiger partial charge on any atom is -0.393 e. The Hall–Kier alpha value is -2.34. The molecule has 1 fully saturated rings. The van der Waals surface area contributed by atoms with Crippen LogP contribution in [0, 0.1) is 30.0 Å². The van der Waals surface area contributed by atoms with Crippen LogP contribution >= 0.6 is 0 Å². The molecule has 144 valence electrons. The van der Waals surface area contributed by atoms with Gasteiger partial charge in [-0.25, -0.2) is 9.37 Å². The second-order valence-corrected chi connectivity index (χ2v) is 7.59. The molecule has 1 aliphatic rings. The summed E-state index contributed by atoms with van der Waals surface area (Å²) in [6.07, 6.45) is 3.24. The van der Waals surface area contributed by atoms with E-state index in [-0.39, 0.29) is 29.3 Å². The average Bonchev–Trinajstić information content (AvgIpc) is 2.67. The second-order valence-electron chi connectivity index (χ2n) is 7.59. The highest BCUT2D eigenvalue weighted by Gasteiger charge is 2.29. The van der Waals surface area contributed by atoms with Crippen LogP contribution in [0.1, 0.15) is 43.6 Å². The summed E-state index contributed by atoms with van der Waals surface area (Å²) in [4.78, 5) is 10.7. The van der Waals surface area contributed by atoms with Gasteiger partial charge in [-0.3, -0.25) is 10.4 Å². The van der Waals surface area contributed by atoms with E-state index in [1.54, 1.807) is 31.3 Å². The van der Waals surface area contributed by atoms with Gasteiger partial charge in [0.05, 0.1) is 11.8 Å². The first-order chi connectivity index (χ1) is 12.9. The van der Waals surface area contributed by atoms with Crippen LogP contribution in [0.2, 0.25) is 0 Å². The predicted octanol–water partition coefficient (Wildman–Crippen LogP) is 3.57. The molecule has 0 aromatic carbocycles. The molecule has 6 heteroatoms. The Morgan fingerprint density at radius 3 is 2.81 bits per heavy atom. The summed E-state index contributed by atoms with van der Waals surface area (Å²) < 4.78 is 14.4. The van der Waals surface area contributed by atoms with E-state index in [9.17, 15) is 9.50 Å². The minimum atomic E-state index is -0.511. The van der Waals surface area contributed by atoms with Gasteiger partial charge in [0.1, 0.15) is 11.5 Å². The monoisotopic (exact) mass is 370 g/mol. The summed E-state index contributed by atoms with van der Waals surface area (Å²) in [5.41, 5.74) is 1.32. The molecule has 0 aliphatic carbocycles. The van der Waals surface area contributed by atoms with E-state index in [0.29, 0.717) is 23.6 Å². The summed E-state index contributed by atoms with van der Waals surface area (Å²) in [5.74, 6) is 0.517. The summed E-state index contributed by atoms with van der Waals surface area (Å²) in [6.45, 7) is 7.36. The van der Waals surface area contributed by atoms with Gasteiger partial charge < -0.3 is 10.0 Å². The maximum Gasteiger partial charge on any atom is 0.151 e. The Labute approximate surface area is 159 Å². The molecule has 0 bridgehead atoms. The lowest BCUT2D eigenvalue weighted by atomic mass is 9.87. The van der Waals surface area contributed by atoms with Crippen molar-refractivity contribution in [2.45, 2.75) is 39.7 Å². The van der Waals surface area contributed by atoms with Gasteiger partial charge >= 0.3 is 0 Å². The Morgan fingerprint density at radius 2 is 2.11 bits per heavy atom. The lowest BCUT2D eigenvalue weighted by Gasteiger charge is -2.37. The van der Waals surface area contributed by atoms with E-state index >= 15 is 0 Å². The zero-order valence-electron chi connectivity index (χ0n) is 16.1. The number of rotatable bonds is 5. The van der Waals surface area contributed by atoms with Crippen molar-refractivity contribution in [3.05, 3.63) is 53.2 Å². The number of aliphatic hydroxyl groups excluding tert-OH is 1. The maximum absolute atomic E-state index is 14.4. The third-order valence-corrected chi connectivity index (χ3v) is 5.29. The van der Waals surface area contributed by atoms with Crippen molar-refractivity contribution < 1.29 is 9.50 Å². The summed E-state index contributed by atoms with van der Waals surface area (Å²) in [7, 11) is 0. The molecule has 0 radical (unpaired) electrons. The van der Waals surface area contributed by atoms with Crippen LogP contribution in [0.3, 0.4) is 0 Å². The van der Waals surface area contributed by atoms with Gasteiger partial charge in [0, 0.05) is 36.5 Å². The number of piperidine rings is 1. The number of aryl methyl sites for hydroxylation is 1. The standard InChI is InChI=1S/C21H27FN4O/c1-13(2)21(27)15-6-5-11-26(12-15)18-9-8-17(22)20(25-18)19(23)16-7-4-10-24-14(16)3/h4,7-10,13,15,21,23,27H,5-6,11-12H2,1-3H3/t15-,21?/m1/s1. The molecule has 3 rings (SSSR count). The Kier molecular flexibility index (Phi) is 5.85. The number of nitrogens with one attached hydrogen (secondary N) is 1. The molecule has 27 heavy (non-hydrogen) atoms. The minimum absolute atomic E-state index is 0.0372. The molecule has 2 aromatic rings. The number of pyridine rings is 2. The van der Waals surface area contributed by atoms with Crippen LogP contribution in [0.4, 0.5) is 10.2 Å². The number of hydrogen-bond acceptors (Lipinski definition) is 5. The molecular formula is C21H27FN4O. The SMILES string of the molecule is Cc1ncccc1C(=N)c1nc(N2CCC[C@@H](C(O)C(C)C)C2)ccc1F. The number of aromatic nitrogens is 2. The van der Waals surface area contributed by atoms with Gasteiger partial charge in [-0.1, -0.05) is 13.8 Å². The van der Waals surface area contributed by atoms with Crippen molar-refractivity contribution in [1.29, 1.82) is 5.41 Å². The smallest absolute Gasteiger partial charge is 0.151 e. The van der Waals surface area contributed by atoms with Gasteiger partial charge in [0.25, 0.3) is 0 Å². The molecular weight excluding hydrogens is 343 g/mol. The molecule has 3 heterocycles. The lowest BCUT2D eigenvalue weighted by molar-refractivity contribution is 0.0570. The zero-order chi connectivity index (χ0) is 19.6. The summed E-state index contributed by atoms with van der Waals surface area (Å²) >= 11 is 0. The quantitative estimate of drug-likeness (QED) is 0.789. The summed E-state index contributed by atoms with van der Waals surface area (Å²) in [5, 5.41) is 18.9. The molecule has 2 atom stereocenters. The van der Waals surface area contributed by atoms with Crippen molar-refractivity contribution in [2.75, 3.05) is 18.0 Å². The van der Waals surface area contributed by atoms with E-state index in [0.717, 1.165) is 19.4 Å². The lowest BCUT2D eigenvalue weighted by Crippen LogP contribution is -2.42. The fourth-order valence-corrected chi connectivity index (χ4v) is 3.70. The van der Waals surface area contributed by atoms with Crippen molar-refractivity contribution in [3.63, 3.8) is 0 Å². The average molecular weight is 370 g/mol. The molecule has 0 spiro atoms. The van der Waals surface area contributed by atoms with E-state index < -0.39 is 5.82 Å². The number of nitrogens with zero attached hydrogens (tertiary/aromatic N) is 3. The third kappa shape index (κ3) is 4.16. The molecule has 5 nitrogen and oxygen atoms in total. The van der Waals surface area contributed by atoms with Crippen LogP contribution in [-0.2, 0) is 0 Å². The van der Waals surface area contributed by atoms with Crippen LogP contribution in [0.5, 0.6) is 0 Å². The van der Waals surface area contributed by atoms with Gasteiger partial charge in [0.2, 0.25) is 0 Å². The molecule has 2 aromatic heterocycles. The van der Waals surface area contributed by atoms with Gasteiger partial charge in [-0.05, 0) is 49.9 Å².